The molecule has 2 aromatic heterocycles. The normalized spacial score (nSPS) is 14.7. The molecule has 0 spiro atoms. The lowest BCUT2D eigenvalue weighted by Crippen LogP contribution is -2.48. The van der Waals surface area contributed by atoms with Gasteiger partial charge in [0, 0.05) is 31.9 Å². The van der Waals surface area contributed by atoms with Crippen LogP contribution in [0.15, 0.2) is 29.3 Å². The van der Waals surface area contributed by atoms with Gasteiger partial charge in [-0.1, -0.05) is 23.9 Å². The monoisotopic (exact) mass is 451 g/mol. The molecule has 0 radical (unpaired) electrons. The lowest BCUT2D eigenvalue weighted by molar-refractivity contribution is -0.130. The van der Waals surface area contributed by atoms with E-state index in [2.05, 4.69) is 22.0 Å². The van der Waals surface area contributed by atoms with E-state index in [1.165, 1.54) is 16.5 Å². The summed E-state index contributed by atoms with van der Waals surface area (Å²) in [4.78, 5) is 26.3. The molecule has 0 aliphatic carbocycles. The molecule has 0 bridgehead atoms. The number of rotatable bonds is 5. The van der Waals surface area contributed by atoms with Gasteiger partial charge in [-0.05, 0) is 44.0 Å². The summed E-state index contributed by atoms with van der Waals surface area (Å²) in [6.45, 7) is 9.82. The first-order valence-electron chi connectivity index (χ1n) is 10.3. The van der Waals surface area contributed by atoms with Gasteiger partial charge in [-0.25, -0.2) is 9.97 Å². The van der Waals surface area contributed by atoms with Crippen molar-refractivity contribution < 1.29 is 4.79 Å². The number of aryl methyl sites for hydroxylation is 1. The van der Waals surface area contributed by atoms with E-state index < -0.39 is 0 Å². The fraction of sp³-hybridized carbons (Fsp3) is 0.391. The van der Waals surface area contributed by atoms with Crippen LogP contribution in [0.3, 0.4) is 0 Å². The van der Waals surface area contributed by atoms with Crippen molar-refractivity contribution in [3.63, 3.8) is 0 Å². The third kappa shape index (κ3) is 4.74. The molecule has 4 rings (SSSR count). The topological polar surface area (TPSA) is 73.1 Å². The number of carbonyl (C=O) groups excluding carboxylic acids is 1. The highest BCUT2D eigenvalue weighted by molar-refractivity contribution is 8.00. The maximum atomic E-state index is 12.8. The van der Waals surface area contributed by atoms with Gasteiger partial charge in [0.15, 0.2) is 0 Å². The summed E-state index contributed by atoms with van der Waals surface area (Å²) in [5.74, 6) is 0.410. The van der Waals surface area contributed by atoms with Crippen LogP contribution in [0.5, 0.6) is 0 Å². The predicted molar refractivity (Wildman–Crippen MR) is 125 cm³/mol. The van der Waals surface area contributed by atoms with E-state index in [1.807, 2.05) is 43.9 Å². The Balaban J connectivity index is 1.31. The lowest BCUT2D eigenvalue weighted by atomic mass is 10.1. The number of amides is 1. The van der Waals surface area contributed by atoms with Gasteiger partial charge in [0.05, 0.1) is 28.1 Å². The van der Waals surface area contributed by atoms with Crippen molar-refractivity contribution in [1.82, 2.24) is 19.8 Å². The second-order valence-corrected chi connectivity index (χ2v) is 9.84. The van der Waals surface area contributed by atoms with Crippen LogP contribution in [0, 0.1) is 32.1 Å². The molecule has 8 heteroatoms. The first kappa shape index (κ1) is 21.8. The van der Waals surface area contributed by atoms with E-state index in [4.69, 9.17) is 4.98 Å². The van der Waals surface area contributed by atoms with Crippen molar-refractivity contribution in [3.8, 4) is 6.07 Å². The highest BCUT2D eigenvalue weighted by atomic mass is 32.2. The fourth-order valence-electron chi connectivity index (χ4n) is 3.70. The smallest absolute Gasteiger partial charge is 0.233 e. The Morgan fingerprint density at radius 2 is 1.87 bits per heavy atom. The Kier molecular flexibility index (Phi) is 6.56. The largest absolute Gasteiger partial charge is 0.339 e. The number of carbonyl (C=O) groups is 1. The Bertz CT molecular complexity index is 1130. The standard InChI is InChI=1S/C23H25N5OS2/c1-15-16(2)18(12-24)23(25-17(15)3)30-14-22(29)28-10-8-27(9-11-28)13-21-26-19-6-4-5-7-20(19)31-21/h4-7H,8-11,13-14H2,1-3H3. The third-order valence-corrected chi connectivity index (χ3v) is 7.81. The molecule has 1 aliphatic rings. The number of fused-ring (bicyclic) bond motifs is 1. The Morgan fingerprint density at radius 1 is 1.13 bits per heavy atom. The van der Waals surface area contributed by atoms with Gasteiger partial charge in [0.1, 0.15) is 16.1 Å². The molecular weight excluding hydrogens is 426 g/mol. The maximum Gasteiger partial charge on any atom is 0.233 e. The van der Waals surface area contributed by atoms with Crippen molar-refractivity contribution >= 4 is 39.2 Å². The van der Waals surface area contributed by atoms with Crippen molar-refractivity contribution in [2.75, 3.05) is 31.9 Å². The van der Waals surface area contributed by atoms with Crippen LogP contribution in [0.2, 0.25) is 0 Å². The third-order valence-electron chi connectivity index (χ3n) is 5.83. The van der Waals surface area contributed by atoms with Gasteiger partial charge in [0.2, 0.25) is 5.91 Å². The molecule has 31 heavy (non-hydrogen) atoms. The minimum Gasteiger partial charge on any atom is -0.339 e. The summed E-state index contributed by atoms with van der Waals surface area (Å²) in [5, 5.41) is 11.3. The number of hydrogen-bond acceptors (Lipinski definition) is 7. The van der Waals surface area contributed by atoms with E-state index in [-0.39, 0.29) is 5.91 Å². The van der Waals surface area contributed by atoms with Crippen LogP contribution in [-0.4, -0.2) is 57.6 Å². The van der Waals surface area contributed by atoms with Gasteiger partial charge in [-0.2, -0.15) is 5.26 Å². The lowest BCUT2D eigenvalue weighted by Gasteiger charge is -2.34. The quantitative estimate of drug-likeness (QED) is 0.548. The van der Waals surface area contributed by atoms with Crippen LogP contribution in [0.1, 0.15) is 27.4 Å². The number of thioether (sulfide) groups is 1. The number of nitrogens with zero attached hydrogens (tertiary/aromatic N) is 5. The van der Waals surface area contributed by atoms with Crippen molar-refractivity contribution in [1.29, 1.82) is 5.26 Å². The zero-order valence-corrected chi connectivity index (χ0v) is 19.6. The summed E-state index contributed by atoms with van der Waals surface area (Å²) in [7, 11) is 0. The van der Waals surface area contributed by atoms with E-state index in [0.29, 0.717) is 16.3 Å². The van der Waals surface area contributed by atoms with Crippen LogP contribution in [-0.2, 0) is 11.3 Å². The number of nitriles is 1. The molecule has 6 nitrogen and oxygen atoms in total. The molecule has 1 fully saturated rings. The zero-order chi connectivity index (χ0) is 22.0. The highest BCUT2D eigenvalue weighted by Gasteiger charge is 2.23. The molecule has 1 amide bonds. The summed E-state index contributed by atoms with van der Waals surface area (Å²) < 4.78 is 1.22. The zero-order valence-electron chi connectivity index (χ0n) is 18.0. The molecule has 160 valence electrons. The summed E-state index contributed by atoms with van der Waals surface area (Å²) >= 11 is 3.11. The second kappa shape index (κ2) is 9.35. The summed E-state index contributed by atoms with van der Waals surface area (Å²) in [5.41, 5.74) is 4.54. The van der Waals surface area contributed by atoms with E-state index >= 15 is 0 Å². The average molecular weight is 452 g/mol. The number of benzene rings is 1. The molecule has 3 aromatic rings. The molecule has 1 saturated heterocycles. The fourth-order valence-corrected chi connectivity index (χ4v) is 5.70. The number of thiazole rings is 1. The van der Waals surface area contributed by atoms with Crippen LogP contribution in [0.25, 0.3) is 10.2 Å². The van der Waals surface area contributed by atoms with E-state index in [9.17, 15) is 10.1 Å². The van der Waals surface area contributed by atoms with E-state index in [1.54, 1.807) is 11.3 Å². The van der Waals surface area contributed by atoms with Gasteiger partial charge in [-0.15, -0.1) is 11.3 Å². The Morgan fingerprint density at radius 3 is 2.58 bits per heavy atom. The summed E-state index contributed by atoms with van der Waals surface area (Å²) in [6.07, 6.45) is 0. The van der Waals surface area contributed by atoms with Crippen LogP contribution < -0.4 is 0 Å². The van der Waals surface area contributed by atoms with Gasteiger partial charge in [0.25, 0.3) is 0 Å². The maximum absolute atomic E-state index is 12.8. The van der Waals surface area contributed by atoms with Gasteiger partial charge in [-0.3, -0.25) is 9.69 Å². The first-order valence-corrected chi connectivity index (χ1v) is 12.1. The minimum atomic E-state index is 0.103. The first-order chi connectivity index (χ1) is 15.0. The Labute approximate surface area is 190 Å². The molecule has 0 atom stereocenters. The number of piperazine rings is 1. The Hall–Kier alpha value is -2.47. The van der Waals surface area contributed by atoms with Crippen molar-refractivity contribution in [2.24, 2.45) is 0 Å². The number of aromatic nitrogens is 2. The molecule has 0 unspecified atom stereocenters. The molecule has 0 N–H and O–H groups in total. The number of para-hydroxylation sites is 1. The van der Waals surface area contributed by atoms with Crippen LogP contribution in [0.4, 0.5) is 0 Å². The minimum absolute atomic E-state index is 0.103. The SMILES string of the molecule is Cc1nc(SCC(=O)N2CCN(Cc3nc4ccccc4s3)CC2)c(C#N)c(C)c1C. The van der Waals surface area contributed by atoms with E-state index in [0.717, 1.165) is 60.1 Å². The average Bonchev–Trinajstić information content (AvgIpc) is 3.18. The molecule has 1 aromatic carbocycles. The predicted octanol–water partition coefficient (Wildman–Crippen LogP) is 3.92. The van der Waals surface area contributed by atoms with Gasteiger partial charge < -0.3 is 4.90 Å². The second-order valence-electron chi connectivity index (χ2n) is 7.76. The number of hydrogen-bond donors (Lipinski definition) is 0. The highest BCUT2D eigenvalue weighted by Crippen LogP contribution is 2.27. The van der Waals surface area contributed by atoms with Crippen LogP contribution >= 0.6 is 23.1 Å². The van der Waals surface area contributed by atoms with Crippen molar-refractivity contribution in [3.05, 3.63) is 51.7 Å². The molecule has 1 aliphatic heterocycles. The number of pyridine rings is 1. The molecule has 0 saturated carbocycles. The van der Waals surface area contributed by atoms with Crippen molar-refractivity contribution in [2.45, 2.75) is 32.3 Å². The van der Waals surface area contributed by atoms with Gasteiger partial charge >= 0.3 is 0 Å². The molecule has 3 heterocycles. The molecular formula is C23H25N5OS2. The summed E-state index contributed by atoms with van der Waals surface area (Å²) in [6, 6.07) is 10.5.